The van der Waals surface area contributed by atoms with Crippen molar-refractivity contribution in [3.8, 4) is 0 Å². The number of fused-ring (bicyclic) bond motifs is 3. The molecule has 0 radical (unpaired) electrons. The number of benzene rings is 1. The van der Waals surface area contributed by atoms with E-state index in [9.17, 15) is 22.8 Å². The third-order valence-electron chi connectivity index (χ3n) is 5.79. The molecule has 2 aromatic heterocycles. The Hall–Kier alpha value is -2.68. The number of nitrogens with one attached hydrogen (secondary N) is 1. The highest BCUT2D eigenvalue weighted by atomic mass is 32.1. The number of hydrogen-bond acceptors (Lipinski definition) is 4. The second kappa shape index (κ2) is 7.78. The minimum absolute atomic E-state index is 0.318. The van der Waals surface area contributed by atoms with Gasteiger partial charge in [-0.2, -0.15) is 13.2 Å². The maximum atomic E-state index is 13.4. The van der Waals surface area contributed by atoms with Crippen molar-refractivity contribution in [2.45, 2.75) is 52.3 Å². The van der Waals surface area contributed by atoms with E-state index >= 15 is 0 Å². The van der Waals surface area contributed by atoms with E-state index < -0.39 is 23.7 Å². The molecule has 5 nitrogen and oxygen atoms in total. The van der Waals surface area contributed by atoms with Crippen LogP contribution in [0.5, 0.6) is 0 Å². The van der Waals surface area contributed by atoms with Crippen LogP contribution in [0.1, 0.15) is 48.1 Å². The van der Waals surface area contributed by atoms with Gasteiger partial charge in [0.05, 0.1) is 16.6 Å². The second-order valence-electron chi connectivity index (χ2n) is 8.07. The Morgan fingerprint density at radius 1 is 1.32 bits per heavy atom. The summed E-state index contributed by atoms with van der Waals surface area (Å²) in [6.07, 6.45) is -1.93. The molecule has 1 amide bonds. The number of nitrogens with zero attached hydrogens (tertiary/aromatic N) is 2. The summed E-state index contributed by atoms with van der Waals surface area (Å²) in [7, 11) is 0. The summed E-state index contributed by atoms with van der Waals surface area (Å²) in [5, 5.41) is 2.87. The van der Waals surface area contributed by atoms with Gasteiger partial charge < -0.3 is 5.32 Å². The minimum Gasteiger partial charge on any atom is -0.324 e. The fourth-order valence-corrected chi connectivity index (χ4v) is 5.57. The molecule has 2 heterocycles. The van der Waals surface area contributed by atoms with Crippen LogP contribution < -0.4 is 10.9 Å². The lowest BCUT2D eigenvalue weighted by molar-refractivity contribution is -0.137. The first kappa shape index (κ1) is 21.5. The Bertz CT molecular complexity index is 1230. The van der Waals surface area contributed by atoms with Crippen LogP contribution >= 0.6 is 11.3 Å². The number of carbonyl (C=O) groups is 1. The van der Waals surface area contributed by atoms with Gasteiger partial charge in [0.1, 0.15) is 16.7 Å². The van der Waals surface area contributed by atoms with E-state index in [1.54, 1.807) is 6.92 Å². The molecule has 2 atom stereocenters. The molecule has 2 unspecified atom stereocenters. The molecule has 1 aromatic carbocycles. The Labute approximate surface area is 180 Å². The van der Waals surface area contributed by atoms with Gasteiger partial charge in [0.2, 0.25) is 5.91 Å². The lowest BCUT2D eigenvalue weighted by Crippen LogP contribution is -2.34. The molecule has 0 fully saturated rings. The molecule has 9 heteroatoms. The predicted molar refractivity (Wildman–Crippen MR) is 115 cm³/mol. The molecule has 0 saturated heterocycles. The van der Waals surface area contributed by atoms with Crippen LogP contribution in [0.4, 0.5) is 18.9 Å². The van der Waals surface area contributed by atoms with Crippen molar-refractivity contribution in [2.75, 3.05) is 5.32 Å². The van der Waals surface area contributed by atoms with Crippen molar-refractivity contribution in [1.82, 2.24) is 9.55 Å². The van der Waals surface area contributed by atoms with Crippen LogP contribution in [0.15, 0.2) is 29.1 Å². The number of rotatable bonds is 3. The number of alkyl halides is 3. The van der Waals surface area contributed by atoms with E-state index in [1.807, 2.05) is 0 Å². The monoisotopic (exact) mass is 449 g/mol. The van der Waals surface area contributed by atoms with E-state index in [-0.39, 0.29) is 11.2 Å². The van der Waals surface area contributed by atoms with Crippen molar-refractivity contribution >= 4 is 33.1 Å². The van der Waals surface area contributed by atoms with Crippen molar-refractivity contribution in [3.63, 3.8) is 0 Å². The van der Waals surface area contributed by atoms with E-state index in [0.717, 1.165) is 35.8 Å². The fraction of sp³-hybridized carbons (Fsp3) is 0.409. The highest BCUT2D eigenvalue weighted by molar-refractivity contribution is 7.18. The zero-order chi connectivity index (χ0) is 22.5. The zero-order valence-corrected chi connectivity index (χ0v) is 18.2. The average molecular weight is 449 g/mol. The minimum atomic E-state index is -4.60. The van der Waals surface area contributed by atoms with Crippen LogP contribution in [0.3, 0.4) is 0 Å². The van der Waals surface area contributed by atoms with Crippen LogP contribution in [0.2, 0.25) is 0 Å². The second-order valence-corrected chi connectivity index (χ2v) is 9.16. The SMILES string of the molecule is Cc1nc2sc3c(c2c(=O)n1C(C)C(=O)Nc1ccccc1C(F)(F)F)CCC(C)C3. The van der Waals surface area contributed by atoms with Gasteiger partial charge in [0, 0.05) is 4.88 Å². The van der Waals surface area contributed by atoms with Gasteiger partial charge in [-0.25, -0.2) is 4.98 Å². The molecule has 0 spiro atoms. The molecule has 164 valence electrons. The highest BCUT2D eigenvalue weighted by Gasteiger charge is 2.34. The van der Waals surface area contributed by atoms with Crippen molar-refractivity contribution in [1.29, 1.82) is 0 Å². The number of aryl methyl sites for hydroxylation is 2. The van der Waals surface area contributed by atoms with E-state index in [2.05, 4.69) is 17.2 Å². The molecule has 0 saturated carbocycles. The molecule has 1 N–H and O–H groups in total. The van der Waals surface area contributed by atoms with Gasteiger partial charge in [-0.05, 0) is 56.7 Å². The molecule has 4 rings (SSSR count). The third-order valence-corrected chi connectivity index (χ3v) is 6.94. The number of hydrogen-bond donors (Lipinski definition) is 1. The lowest BCUT2D eigenvalue weighted by atomic mass is 9.89. The standard InChI is InChI=1S/C22H22F3N3O2S/c1-11-8-9-14-17(10-11)31-20-18(14)21(30)28(13(3)26-20)12(2)19(29)27-16-7-5-4-6-15(16)22(23,24)25/h4-7,11-12H,8-10H2,1-3H3,(H,27,29). The van der Waals surface area contributed by atoms with Crippen LogP contribution in [-0.2, 0) is 23.8 Å². The van der Waals surface area contributed by atoms with Gasteiger partial charge in [-0.3, -0.25) is 14.2 Å². The topological polar surface area (TPSA) is 64.0 Å². The first-order valence-corrected chi connectivity index (χ1v) is 10.9. The van der Waals surface area contributed by atoms with Gasteiger partial charge in [0.25, 0.3) is 5.56 Å². The summed E-state index contributed by atoms with van der Waals surface area (Å²) < 4.78 is 41.1. The molecule has 0 aliphatic heterocycles. The van der Waals surface area contributed by atoms with Crippen LogP contribution in [-0.4, -0.2) is 15.5 Å². The van der Waals surface area contributed by atoms with Crippen molar-refractivity contribution < 1.29 is 18.0 Å². The Balaban J connectivity index is 1.72. The van der Waals surface area contributed by atoms with Gasteiger partial charge in [-0.1, -0.05) is 19.1 Å². The van der Waals surface area contributed by atoms with Crippen molar-refractivity contribution in [2.24, 2.45) is 5.92 Å². The van der Waals surface area contributed by atoms with Crippen molar-refractivity contribution in [3.05, 3.63) is 56.4 Å². The Morgan fingerprint density at radius 2 is 2.03 bits per heavy atom. The summed E-state index contributed by atoms with van der Waals surface area (Å²) in [6, 6.07) is 3.75. The van der Waals surface area contributed by atoms with E-state index in [0.29, 0.717) is 22.0 Å². The van der Waals surface area contributed by atoms with Gasteiger partial charge in [-0.15, -0.1) is 11.3 Å². The number of anilines is 1. The lowest BCUT2D eigenvalue weighted by Gasteiger charge is -2.20. The largest absolute Gasteiger partial charge is 0.418 e. The third kappa shape index (κ3) is 3.86. The van der Waals surface area contributed by atoms with Crippen LogP contribution in [0.25, 0.3) is 10.2 Å². The molecule has 1 aliphatic rings. The fourth-order valence-electron chi connectivity index (χ4n) is 4.15. The Kier molecular flexibility index (Phi) is 5.41. The van der Waals surface area contributed by atoms with Gasteiger partial charge in [0.15, 0.2) is 0 Å². The maximum absolute atomic E-state index is 13.4. The number of amides is 1. The number of para-hydroxylation sites is 1. The Morgan fingerprint density at radius 3 is 2.74 bits per heavy atom. The summed E-state index contributed by atoms with van der Waals surface area (Å²) >= 11 is 1.52. The van der Waals surface area contributed by atoms with E-state index in [4.69, 9.17) is 0 Å². The smallest absolute Gasteiger partial charge is 0.324 e. The van der Waals surface area contributed by atoms with Crippen LogP contribution in [0, 0.1) is 12.8 Å². The predicted octanol–water partition coefficient (Wildman–Crippen LogP) is 5.11. The molecular weight excluding hydrogens is 427 g/mol. The summed E-state index contributed by atoms with van der Waals surface area (Å²) in [6.45, 7) is 5.31. The molecule has 1 aliphatic carbocycles. The molecule has 0 bridgehead atoms. The molecular formula is C22H22F3N3O2S. The zero-order valence-electron chi connectivity index (χ0n) is 17.3. The van der Waals surface area contributed by atoms with Gasteiger partial charge >= 0.3 is 6.18 Å². The first-order chi connectivity index (χ1) is 14.6. The highest BCUT2D eigenvalue weighted by Crippen LogP contribution is 2.37. The summed E-state index contributed by atoms with van der Waals surface area (Å²) in [5.74, 6) is 0.193. The number of thiophene rings is 1. The summed E-state index contributed by atoms with van der Waals surface area (Å²) in [4.78, 5) is 32.6. The first-order valence-electron chi connectivity index (χ1n) is 10.1. The number of aromatic nitrogens is 2. The maximum Gasteiger partial charge on any atom is 0.418 e. The molecule has 31 heavy (non-hydrogen) atoms. The quantitative estimate of drug-likeness (QED) is 0.604. The number of halogens is 3. The summed E-state index contributed by atoms with van der Waals surface area (Å²) in [5.41, 5.74) is -0.594. The normalized spacial score (nSPS) is 17.4. The molecule has 3 aromatic rings. The number of carbonyl (C=O) groups excluding carboxylic acids is 1. The van der Waals surface area contributed by atoms with E-state index in [1.165, 1.54) is 41.0 Å². The average Bonchev–Trinajstić information content (AvgIpc) is 3.04.